The molecule has 2 fully saturated rings. The highest BCUT2D eigenvalue weighted by molar-refractivity contribution is 5.58. The number of piperidine rings is 1. The predicted molar refractivity (Wildman–Crippen MR) is 116 cm³/mol. The Balaban J connectivity index is 1.33. The second-order valence-corrected chi connectivity index (χ2v) is 8.87. The van der Waals surface area contributed by atoms with Gasteiger partial charge in [-0.3, -0.25) is 0 Å². The van der Waals surface area contributed by atoms with Crippen LogP contribution >= 0.6 is 0 Å². The molecule has 29 heavy (non-hydrogen) atoms. The molecule has 2 aromatic rings. The van der Waals surface area contributed by atoms with Crippen molar-refractivity contribution in [2.45, 2.75) is 69.5 Å². The predicted octanol–water partition coefficient (Wildman–Crippen LogP) is 3.28. The number of nitrogens with zero attached hydrogens (tertiary/aromatic N) is 1. The standard InChI is InChI=1S/C24H34N4O/c29-16-22(13-20-14-25-17-27-20)26-15-21-12-19-8-4-5-9-23(19)24(28-21)11-10-18-6-2-1-3-7-18/h1-3,6-7,14,16-17,19,21-24,26,28H,4-5,8-13,15H2,(H,25,27)/t19-,21+,22+,23+,24+/m1/s1. The normalized spacial score (nSPS) is 27.9. The van der Waals surface area contributed by atoms with Gasteiger partial charge in [0.2, 0.25) is 0 Å². The van der Waals surface area contributed by atoms with Gasteiger partial charge < -0.3 is 20.4 Å². The summed E-state index contributed by atoms with van der Waals surface area (Å²) in [5.41, 5.74) is 2.43. The number of aromatic amines is 1. The van der Waals surface area contributed by atoms with Gasteiger partial charge in [0.25, 0.3) is 0 Å². The third-order valence-electron chi connectivity index (χ3n) is 6.89. The molecule has 1 saturated carbocycles. The van der Waals surface area contributed by atoms with Crippen molar-refractivity contribution in [3.8, 4) is 0 Å². The fraction of sp³-hybridized carbons (Fsp3) is 0.583. The fourth-order valence-corrected chi connectivity index (χ4v) is 5.42. The van der Waals surface area contributed by atoms with Crippen molar-refractivity contribution in [1.82, 2.24) is 20.6 Å². The molecule has 1 aromatic carbocycles. The molecule has 3 N–H and O–H groups in total. The number of carbonyl (C=O) groups is 1. The van der Waals surface area contributed by atoms with Gasteiger partial charge in [0.15, 0.2) is 0 Å². The van der Waals surface area contributed by atoms with Crippen LogP contribution in [0.2, 0.25) is 0 Å². The van der Waals surface area contributed by atoms with Crippen LogP contribution in [0.15, 0.2) is 42.9 Å². The van der Waals surface area contributed by atoms with E-state index in [-0.39, 0.29) is 6.04 Å². The summed E-state index contributed by atoms with van der Waals surface area (Å²) in [4.78, 5) is 18.7. The SMILES string of the molecule is O=C[C@H](Cc1cnc[nH]1)NC[C@@H]1C[C@H]2CCCC[C@@H]2[C@H](CCc2ccccc2)N1. The van der Waals surface area contributed by atoms with Crippen LogP contribution in [0.1, 0.15) is 49.8 Å². The molecule has 1 aromatic heterocycles. The number of aldehydes is 1. The van der Waals surface area contributed by atoms with E-state index in [2.05, 4.69) is 50.9 Å². The lowest BCUT2D eigenvalue weighted by Crippen LogP contribution is -2.56. The van der Waals surface area contributed by atoms with E-state index in [1.165, 1.54) is 44.1 Å². The molecule has 4 rings (SSSR count). The van der Waals surface area contributed by atoms with Gasteiger partial charge in [0, 0.05) is 36.9 Å². The zero-order valence-electron chi connectivity index (χ0n) is 17.2. The summed E-state index contributed by atoms with van der Waals surface area (Å²) in [6.07, 6.45) is 14.2. The van der Waals surface area contributed by atoms with Gasteiger partial charge in [0.05, 0.1) is 12.4 Å². The summed E-state index contributed by atoms with van der Waals surface area (Å²) in [5.74, 6) is 1.65. The highest BCUT2D eigenvalue weighted by Gasteiger charge is 2.38. The smallest absolute Gasteiger partial charge is 0.137 e. The van der Waals surface area contributed by atoms with Gasteiger partial charge in [-0.2, -0.15) is 0 Å². The van der Waals surface area contributed by atoms with Crippen LogP contribution in [0.5, 0.6) is 0 Å². The number of rotatable bonds is 9. The minimum Gasteiger partial charge on any atom is -0.348 e. The van der Waals surface area contributed by atoms with Crippen LogP contribution in [0.3, 0.4) is 0 Å². The maximum Gasteiger partial charge on any atom is 0.137 e. The highest BCUT2D eigenvalue weighted by atomic mass is 16.1. The lowest BCUT2D eigenvalue weighted by Gasteiger charge is -2.46. The molecule has 5 atom stereocenters. The van der Waals surface area contributed by atoms with Crippen LogP contribution in [0.25, 0.3) is 0 Å². The Labute approximate surface area is 174 Å². The van der Waals surface area contributed by atoms with E-state index in [1.807, 2.05) is 0 Å². The monoisotopic (exact) mass is 394 g/mol. The number of hydrogen-bond acceptors (Lipinski definition) is 4. The first kappa shape index (κ1) is 20.3. The lowest BCUT2D eigenvalue weighted by atomic mass is 9.69. The maximum atomic E-state index is 11.5. The molecule has 0 bridgehead atoms. The lowest BCUT2D eigenvalue weighted by molar-refractivity contribution is -0.109. The first-order valence-electron chi connectivity index (χ1n) is 11.3. The van der Waals surface area contributed by atoms with Gasteiger partial charge in [-0.25, -0.2) is 4.98 Å². The average Bonchev–Trinajstić information content (AvgIpc) is 3.29. The number of imidazole rings is 1. The van der Waals surface area contributed by atoms with Crippen LogP contribution in [-0.4, -0.2) is 40.9 Å². The summed E-state index contributed by atoms with van der Waals surface area (Å²) >= 11 is 0. The summed E-state index contributed by atoms with van der Waals surface area (Å²) in [6.45, 7) is 0.850. The zero-order valence-corrected chi connectivity index (χ0v) is 17.2. The molecule has 0 unspecified atom stereocenters. The van der Waals surface area contributed by atoms with Crippen molar-refractivity contribution in [2.24, 2.45) is 11.8 Å². The van der Waals surface area contributed by atoms with E-state index in [0.717, 1.165) is 36.8 Å². The van der Waals surface area contributed by atoms with Crippen molar-refractivity contribution in [3.05, 3.63) is 54.1 Å². The Morgan fingerprint density at radius 2 is 2.07 bits per heavy atom. The molecule has 1 saturated heterocycles. The quantitative estimate of drug-likeness (QED) is 0.571. The molecular formula is C24H34N4O. The Bertz CT molecular complexity index is 733. The van der Waals surface area contributed by atoms with Gasteiger partial charge in [-0.05, 0) is 43.1 Å². The van der Waals surface area contributed by atoms with Crippen molar-refractivity contribution < 1.29 is 4.79 Å². The molecule has 5 nitrogen and oxygen atoms in total. The molecule has 156 valence electrons. The molecule has 0 spiro atoms. The maximum absolute atomic E-state index is 11.5. The van der Waals surface area contributed by atoms with Gasteiger partial charge in [-0.15, -0.1) is 0 Å². The number of carbonyl (C=O) groups excluding carboxylic acids is 1. The number of fused-ring (bicyclic) bond motifs is 1. The first-order valence-corrected chi connectivity index (χ1v) is 11.3. The minimum atomic E-state index is -0.163. The van der Waals surface area contributed by atoms with E-state index < -0.39 is 0 Å². The third-order valence-corrected chi connectivity index (χ3v) is 6.89. The Morgan fingerprint density at radius 1 is 1.21 bits per heavy atom. The fourth-order valence-electron chi connectivity index (χ4n) is 5.42. The average molecular weight is 395 g/mol. The molecule has 1 aliphatic heterocycles. The van der Waals surface area contributed by atoms with Crippen LogP contribution < -0.4 is 10.6 Å². The molecule has 2 heterocycles. The number of benzene rings is 1. The number of nitrogens with one attached hydrogen (secondary N) is 3. The Morgan fingerprint density at radius 3 is 2.86 bits per heavy atom. The second kappa shape index (κ2) is 10.2. The minimum absolute atomic E-state index is 0.163. The van der Waals surface area contributed by atoms with E-state index in [0.29, 0.717) is 18.5 Å². The van der Waals surface area contributed by atoms with Gasteiger partial charge in [0.1, 0.15) is 6.29 Å². The Kier molecular flexibility index (Phi) is 7.12. The number of aryl methyl sites for hydroxylation is 1. The molecule has 1 aliphatic carbocycles. The largest absolute Gasteiger partial charge is 0.348 e. The molecule has 0 amide bonds. The van der Waals surface area contributed by atoms with E-state index >= 15 is 0 Å². The van der Waals surface area contributed by atoms with E-state index in [9.17, 15) is 4.79 Å². The van der Waals surface area contributed by atoms with Crippen molar-refractivity contribution >= 4 is 6.29 Å². The topological polar surface area (TPSA) is 69.8 Å². The highest BCUT2D eigenvalue weighted by Crippen LogP contribution is 2.39. The van der Waals surface area contributed by atoms with Crippen LogP contribution in [0.4, 0.5) is 0 Å². The van der Waals surface area contributed by atoms with Crippen molar-refractivity contribution in [2.75, 3.05) is 6.54 Å². The molecule has 0 radical (unpaired) electrons. The number of H-pyrrole nitrogens is 1. The number of aromatic nitrogens is 2. The zero-order chi connectivity index (χ0) is 19.9. The van der Waals surface area contributed by atoms with Crippen LogP contribution in [0, 0.1) is 11.8 Å². The second-order valence-electron chi connectivity index (χ2n) is 8.87. The number of hydrogen-bond donors (Lipinski definition) is 3. The van der Waals surface area contributed by atoms with Crippen LogP contribution in [-0.2, 0) is 17.6 Å². The molecular weight excluding hydrogens is 360 g/mol. The van der Waals surface area contributed by atoms with Gasteiger partial charge in [-0.1, -0.05) is 49.6 Å². The third kappa shape index (κ3) is 5.55. The van der Waals surface area contributed by atoms with Gasteiger partial charge >= 0.3 is 0 Å². The summed E-state index contributed by atoms with van der Waals surface area (Å²) in [7, 11) is 0. The van der Waals surface area contributed by atoms with E-state index in [1.54, 1.807) is 12.5 Å². The van der Waals surface area contributed by atoms with Crippen molar-refractivity contribution in [1.29, 1.82) is 0 Å². The van der Waals surface area contributed by atoms with Crippen molar-refractivity contribution in [3.63, 3.8) is 0 Å². The Hall–Kier alpha value is -1.98. The molecule has 2 aliphatic rings. The summed E-state index contributed by atoms with van der Waals surface area (Å²) in [5, 5.41) is 7.45. The van der Waals surface area contributed by atoms with E-state index in [4.69, 9.17) is 0 Å². The summed E-state index contributed by atoms with van der Waals surface area (Å²) in [6, 6.07) is 11.7. The summed E-state index contributed by atoms with van der Waals surface area (Å²) < 4.78 is 0. The molecule has 5 heteroatoms. The first-order chi connectivity index (χ1) is 14.3.